The Hall–Kier alpha value is -1.92. The Labute approximate surface area is 93.2 Å². The lowest BCUT2D eigenvalue weighted by Gasteiger charge is -2.20. The molecule has 0 radical (unpaired) electrons. The zero-order valence-electron chi connectivity index (χ0n) is 9.52. The predicted molar refractivity (Wildman–Crippen MR) is 56.1 cm³/mol. The molecule has 1 unspecified atom stereocenters. The summed E-state index contributed by atoms with van der Waals surface area (Å²) in [4.78, 5) is 27.9. The molecule has 2 N–H and O–H groups in total. The lowest BCUT2D eigenvalue weighted by molar-refractivity contribution is -0.135. The van der Waals surface area contributed by atoms with Gasteiger partial charge in [-0.05, 0) is 6.92 Å². The minimum absolute atomic E-state index is 0.174. The SMILES string of the molecule is CC(=O)NC(C)C(=O)N(C)Cc1ncn[nH]1. The van der Waals surface area contributed by atoms with Crippen molar-refractivity contribution in [3.63, 3.8) is 0 Å². The van der Waals surface area contributed by atoms with E-state index in [1.54, 1.807) is 14.0 Å². The number of nitrogens with zero attached hydrogens (tertiary/aromatic N) is 3. The smallest absolute Gasteiger partial charge is 0.245 e. The summed E-state index contributed by atoms with van der Waals surface area (Å²) >= 11 is 0. The van der Waals surface area contributed by atoms with Gasteiger partial charge < -0.3 is 10.2 Å². The summed E-state index contributed by atoms with van der Waals surface area (Å²) in [7, 11) is 1.64. The molecular formula is C9H15N5O2. The van der Waals surface area contributed by atoms with Crippen molar-refractivity contribution >= 4 is 11.8 Å². The number of carbonyl (C=O) groups is 2. The zero-order valence-corrected chi connectivity index (χ0v) is 9.52. The molecule has 7 heteroatoms. The van der Waals surface area contributed by atoms with Crippen molar-refractivity contribution < 1.29 is 9.59 Å². The van der Waals surface area contributed by atoms with Crippen molar-refractivity contribution in [3.8, 4) is 0 Å². The number of aromatic amines is 1. The molecule has 0 aliphatic heterocycles. The van der Waals surface area contributed by atoms with Crippen LogP contribution in [0.3, 0.4) is 0 Å². The summed E-state index contributed by atoms with van der Waals surface area (Å²) in [5, 5.41) is 8.87. The summed E-state index contributed by atoms with van der Waals surface area (Å²) in [6.07, 6.45) is 1.38. The summed E-state index contributed by atoms with van der Waals surface area (Å²) in [5.41, 5.74) is 0. The van der Waals surface area contributed by atoms with E-state index in [0.717, 1.165) is 0 Å². The Bertz CT molecular complexity index is 362. The van der Waals surface area contributed by atoms with Crippen LogP contribution >= 0.6 is 0 Å². The molecule has 1 aromatic rings. The Morgan fingerprint density at radius 3 is 2.81 bits per heavy atom. The van der Waals surface area contributed by atoms with Crippen molar-refractivity contribution in [1.82, 2.24) is 25.4 Å². The van der Waals surface area contributed by atoms with Gasteiger partial charge in [-0.1, -0.05) is 0 Å². The molecule has 0 spiro atoms. The molecule has 0 fully saturated rings. The Kier molecular flexibility index (Phi) is 3.98. The van der Waals surface area contributed by atoms with E-state index in [2.05, 4.69) is 20.5 Å². The maximum atomic E-state index is 11.8. The van der Waals surface area contributed by atoms with E-state index in [1.807, 2.05) is 0 Å². The van der Waals surface area contributed by atoms with Crippen molar-refractivity contribution in [2.75, 3.05) is 7.05 Å². The molecule has 88 valence electrons. The second-order valence-electron chi connectivity index (χ2n) is 3.55. The van der Waals surface area contributed by atoms with E-state index in [4.69, 9.17) is 0 Å². The van der Waals surface area contributed by atoms with E-state index in [-0.39, 0.29) is 11.8 Å². The van der Waals surface area contributed by atoms with Gasteiger partial charge in [0.1, 0.15) is 18.2 Å². The monoisotopic (exact) mass is 225 g/mol. The fraction of sp³-hybridized carbons (Fsp3) is 0.556. The lowest BCUT2D eigenvalue weighted by atomic mass is 10.3. The van der Waals surface area contributed by atoms with E-state index < -0.39 is 6.04 Å². The minimum atomic E-state index is -0.537. The molecule has 1 rings (SSSR count). The third-order valence-electron chi connectivity index (χ3n) is 2.02. The highest BCUT2D eigenvalue weighted by Gasteiger charge is 2.18. The van der Waals surface area contributed by atoms with Gasteiger partial charge in [0.05, 0.1) is 6.54 Å². The lowest BCUT2D eigenvalue weighted by Crippen LogP contribution is -2.44. The van der Waals surface area contributed by atoms with E-state index in [9.17, 15) is 9.59 Å². The van der Waals surface area contributed by atoms with E-state index in [0.29, 0.717) is 12.4 Å². The van der Waals surface area contributed by atoms with Crippen LogP contribution < -0.4 is 5.32 Å². The van der Waals surface area contributed by atoms with Gasteiger partial charge >= 0.3 is 0 Å². The molecule has 0 bridgehead atoms. The van der Waals surface area contributed by atoms with Crippen LogP contribution in [0.1, 0.15) is 19.7 Å². The van der Waals surface area contributed by atoms with Gasteiger partial charge in [0.25, 0.3) is 0 Å². The Balaban J connectivity index is 2.50. The van der Waals surface area contributed by atoms with Crippen molar-refractivity contribution in [2.45, 2.75) is 26.4 Å². The molecule has 0 aliphatic carbocycles. The largest absolute Gasteiger partial charge is 0.345 e. The first-order chi connectivity index (χ1) is 7.50. The van der Waals surface area contributed by atoms with Crippen LogP contribution in [0.5, 0.6) is 0 Å². The first kappa shape index (κ1) is 12.2. The average molecular weight is 225 g/mol. The van der Waals surface area contributed by atoms with Crippen LogP contribution in [-0.4, -0.2) is 45.0 Å². The highest BCUT2D eigenvalue weighted by atomic mass is 16.2. The summed E-state index contributed by atoms with van der Waals surface area (Å²) in [6.45, 7) is 3.35. The number of rotatable bonds is 4. The van der Waals surface area contributed by atoms with Crippen molar-refractivity contribution in [3.05, 3.63) is 12.2 Å². The van der Waals surface area contributed by atoms with Gasteiger partial charge in [0.2, 0.25) is 11.8 Å². The molecule has 2 amide bonds. The number of likely N-dealkylation sites (N-methyl/N-ethyl adjacent to an activating group) is 1. The second kappa shape index (κ2) is 5.24. The molecule has 1 heterocycles. The van der Waals surface area contributed by atoms with E-state index in [1.165, 1.54) is 18.2 Å². The molecule has 7 nitrogen and oxygen atoms in total. The highest BCUT2D eigenvalue weighted by molar-refractivity contribution is 5.86. The molecule has 0 saturated heterocycles. The molecule has 1 aromatic heterocycles. The van der Waals surface area contributed by atoms with E-state index >= 15 is 0 Å². The number of hydrogen-bond donors (Lipinski definition) is 2. The molecule has 16 heavy (non-hydrogen) atoms. The maximum Gasteiger partial charge on any atom is 0.245 e. The average Bonchev–Trinajstić information content (AvgIpc) is 2.68. The normalized spacial score (nSPS) is 11.9. The zero-order chi connectivity index (χ0) is 12.1. The van der Waals surface area contributed by atoms with Gasteiger partial charge in [0, 0.05) is 14.0 Å². The first-order valence-electron chi connectivity index (χ1n) is 4.87. The first-order valence-corrected chi connectivity index (χ1v) is 4.87. The molecular weight excluding hydrogens is 210 g/mol. The van der Waals surface area contributed by atoms with Crippen LogP contribution in [0.4, 0.5) is 0 Å². The third kappa shape index (κ3) is 3.34. The maximum absolute atomic E-state index is 11.8. The minimum Gasteiger partial charge on any atom is -0.345 e. The highest BCUT2D eigenvalue weighted by Crippen LogP contribution is 1.98. The van der Waals surface area contributed by atoms with Crippen molar-refractivity contribution in [1.29, 1.82) is 0 Å². The number of amides is 2. The topological polar surface area (TPSA) is 91.0 Å². The number of carbonyl (C=O) groups excluding carboxylic acids is 2. The second-order valence-corrected chi connectivity index (χ2v) is 3.55. The Morgan fingerprint density at radius 1 is 1.62 bits per heavy atom. The van der Waals surface area contributed by atoms with Crippen LogP contribution in [0.15, 0.2) is 6.33 Å². The molecule has 0 aliphatic rings. The third-order valence-corrected chi connectivity index (χ3v) is 2.02. The number of hydrogen-bond acceptors (Lipinski definition) is 4. The van der Waals surface area contributed by atoms with Gasteiger partial charge in [-0.15, -0.1) is 0 Å². The molecule has 0 saturated carbocycles. The fourth-order valence-electron chi connectivity index (χ4n) is 1.31. The van der Waals surface area contributed by atoms with Gasteiger partial charge in [-0.2, -0.15) is 5.10 Å². The standard InChI is InChI=1S/C9H15N5O2/c1-6(12-7(2)15)9(16)14(3)4-8-10-5-11-13-8/h5-6H,4H2,1-3H3,(H,12,15)(H,10,11,13). The van der Waals surface area contributed by atoms with Gasteiger partial charge in [-0.25, -0.2) is 4.98 Å². The molecule has 0 aromatic carbocycles. The van der Waals surface area contributed by atoms with Crippen LogP contribution in [0.25, 0.3) is 0 Å². The quantitative estimate of drug-likeness (QED) is 0.708. The van der Waals surface area contributed by atoms with Crippen LogP contribution in [-0.2, 0) is 16.1 Å². The fourth-order valence-corrected chi connectivity index (χ4v) is 1.31. The Morgan fingerprint density at radius 2 is 2.31 bits per heavy atom. The summed E-state index contributed by atoms with van der Waals surface area (Å²) < 4.78 is 0. The van der Waals surface area contributed by atoms with Crippen molar-refractivity contribution in [2.24, 2.45) is 0 Å². The summed E-state index contributed by atoms with van der Waals surface area (Å²) in [5.74, 6) is 0.200. The van der Waals surface area contributed by atoms with Crippen LogP contribution in [0, 0.1) is 0 Å². The van der Waals surface area contributed by atoms with Crippen LogP contribution in [0.2, 0.25) is 0 Å². The summed E-state index contributed by atoms with van der Waals surface area (Å²) in [6, 6.07) is -0.537. The predicted octanol–water partition coefficient (Wildman–Crippen LogP) is -0.712. The number of H-pyrrole nitrogens is 1. The van der Waals surface area contributed by atoms with Gasteiger partial charge in [-0.3, -0.25) is 14.7 Å². The molecule has 1 atom stereocenters. The number of aromatic nitrogens is 3. The number of nitrogens with one attached hydrogen (secondary N) is 2. The van der Waals surface area contributed by atoms with Gasteiger partial charge in [0.15, 0.2) is 0 Å².